The molecule has 0 aliphatic carbocycles. The van der Waals surface area contributed by atoms with Crippen molar-refractivity contribution in [2.24, 2.45) is 0 Å². The highest BCUT2D eigenvalue weighted by molar-refractivity contribution is 5.39. The molecule has 2 N–H and O–H groups in total. The highest BCUT2D eigenvalue weighted by Gasteiger charge is 2.11. The SMILES string of the molecule is CC(C)c1ccccc1O.CCC(C)c1ccc(O)c(C(C)CC)c1. The zero-order valence-corrected chi connectivity index (χ0v) is 16.6. The third kappa shape index (κ3) is 6.12. The Bertz CT molecular complexity index is 646. The number of rotatable bonds is 5. The molecule has 2 aromatic carbocycles. The van der Waals surface area contributed by atoms with Gasteiger partial charge in [0.2, 0.25) is 0 Å². The molecular formula is C23H34O2. The summed E-state index contributed by atoms with van der Waals surface area (Å²) in [6.07, 6.45) is 2.21. The summed E-state index contributed by atoms with van der Waals surface area (Å²) >= 11 is 0. The number of para-hydroxylation sites is 1. The van der Waals surface area contributed by atoms with E-state index in [1.807, 2.05) is 30.3 Å². The maximum atomic E-state index is 9.79. The molecule has 2 atom stereocenters. The molecule has 0 radical (unpaired) electrons. The maximum Gasteiger partial charge on any atom is 0.119 e. The van der Waals surface area contributed by atoms with Gasteiger partial charge >= 0.3 is 0 Å². The Kier molecular flexibility index (Phi) is 8.54. The average Bonchev–Trinajstić information content (AvgIpc) is 2.61. The minimum Gasteiger partial charge on any atom is -0.508 e. The highest BCUT2D eigenvalue weighted by Crippen LogP contribution is 2.31. The quantitative estimate of drug-likeness (QED) is 0.618. The molecule has 0 aliphatic rings. The number of hydrogen-bond acceptors (Lipinski definition) is 2. The molecule has 0 aliphatic heterocycles. The van der Waals surface area contributed by atoms with Crippen LogP contribution in [0.5, 0.6) is 11.5 Å². The van der Waals surface area contributed by atoms with Crippen LogP contribution in [0.3, 0.4) is 0 Å². The summed E-state index contributed by atoms with van der Waals surface area (Å²) in [6, 6.07) is 13.5. The van der Waals surface area contributed by atoms with Gasteiger partial charge in [-0.15, -0.1) is 0 Å². The molecule has 2 nitrogen and oxygen atoms in total. The Morgan fingerprint density at radius 2 is 1.28 bits per heavy atom. The number of phenolic OH excluding ortho intramolecular Hbond substituents is 2. The van der Waals surface area contributed by atoms with Crippen LogP contribution in [0.4, 0.5) is 0 Å². The fraction of sp³-hybridized carbons (Fsp3) is 0.478. The highest BCUT2D eigenvalue weighted by atomic mass is 16.3. The van der Waals surface area contributed by atoms with Crippen LogP contribution in [0.1, 0.15) is 88.8 Å². The van der Waals surface area contributed by atoms with Crippen molar-refractivity contribution in [2.75, 3.05) is 0 Å². The van der Waals surface area contributed by atoms with Gasteiger partial charge in [0.05, 0.1) is 0 Å². The van der Waals surface area contributed by atoms with E-state index >= 15 is 0 Å². The lowest BCUT2D eigenvalue weighted by Crippen LogP contribution is -1.97. The van der Waals surface area contributed by atoms with Crippen LogP contribution in [-0.4, -0.2) is 10.2 Å². The van der Waals surface area contributed by atoms with E-state index in [4.69, 9.17) is 0 Å². The second-order valence-corrected chi connectivity index (χ2v) is 7.15. The molecule has 0 fully saturated rings. The monoisotopic (exact) mass is 342 g/mol. The van der Waals surface area contributed by atoms with Crippen LogP contribution in [0.15, 0.2) is 42.5 Å². The second-order valence-electron chi connectivity index (χ2n) is 7.15. The number of benzene rings is 2. The Morgan fingerprint density at radius 1 is 0.720 bits per heavy atom. The number of aromatic hydroxyl groups is 2. The molecule has 138 valence electrons. The molecule has 0 saturated heterocycles. The Labute approximate surface area is 153 Å². The summed E-state index contributed by atoms with van der Waals surface area (Å²) in [5, 5.41) is 19.1. The van der Waals surface area contributed by atoms with E-state index in [9.17, 15) is 10.2 Å². The van der Waals surface area contributed by atoms with Crippen LogP contribution in [0, 0.1) is 0 Å². The lowest BCUT2D eigenvalue weighted by molar-refractivity contribution is 0.461. The first-order chi connectivity index (χ1) is 11.8. The summed E-state index contributed by atoms with van der Waals surface area (Å²) in [6.45, 7) is 12.9. The first kappa shape index (κ1) is 21.1. The minimum absolute atomic E-state index is 0.400. The van der Waals surface area contributed by atoms with E-state index in [2.05, 4.69) is 47.6 Å². The number of phenols is 2. The zero-order chi connectivity index (χ0) is 19.0. The van der Waals surface area contributed by atoms with Crippen LogP contribution < -0.4 is 0 Å². The predicted octanol–water partition coefficient (Wildman–Crippen LogP) is 6.93. The summed E-state index contributed by atoms with van der Waals surface area (Å²) in [5.74, 6) is 2.26. The summed E-state index contributed by atoms with van der Waals surface area (Å²) in [7, 11) is 0. The molecule has 2 rings (SSSR count). The van der Waals surface area contributed by atoms with Gasteiger partial charge < -0.3 is 10.2 Å². The molecule has 2 heteroatoms. The van der Waals surface area contributed by atoms with Crippen molar-refractivity contribution in [1.29, 1.82) is 0 Å². The van der Waals surface area contributed by atoms with Crippen molar-refractivity contribution in [3.63, 3.8) is 0 Å². The minimum atomic E-state index is 0.400. The fourth-order valence-electron chi connectivity index (χ4n) is 2.71. The Hall–Kier alpha value is -1.96. The maximum absolute atomic E-state index is 9.79. The molecule has 0 heterocycles. The zero-order valence-electron chi connectivity index (χ0n) is 16.6. The topological polar surface area (TPSA) is 40.5 Å². The molecule has 0 amide bonds. The van der Waals surface area contributed by atoms with Gasteiger partial charge in [0.25, 0.3) is 0 Å². The molecule has 0 spiro atoms. The fourth-order valence-corrected chi connectivity index (χ4v) is 2.71. The van der Waals surface area contributed by atoms with Crippen molar-refractivity contribution in [3.05, 3.63) is 59.2 Å². The standard InChI is InChI=1S/C14H22O.C9H12O/c1-5-10(3)12-7-8-14(15)13(9-12)11(4)6-2;1-7(2)8-5-3-4-6-9(8)10/h7-11,15H,5-6H2,1-4H3;3-7,10H,1-2H3. The molecule has 25 heavy (non-hydrogen) atoms. The van der Waals surface area contributed by atoms with Crippen LogP contribution in [0.2, 0.25) is 0 Å². The van der Waals surface area contributed by atoms with E-state index in [-0.39, 0.29) is 0 Å². The lowest BCUT2D eigenvalue weighted by Gasteiger charge is -2.15. The van der Waals surface area contributed by atoms with Crippen molar-refractivity contribution in [1.82, 2.24) is 0 Å². The molecule has 0 saturated carbocycles. The second kappa shape index (κ2) is 10.1. The first-order valence-electron chi connectivity index (χ1n) is 9.42. The smallest absolute Gasteiger partial charge is 0.119 e. The molecule has 0 aromatic heterocycles. The van der Waals surface area contributed by atoms with Crippen molar-refractivity contribution >= 4 is 0 Å². The van der Waals surface area contributed by atoms with E-state index in [1.165, 1.54) is 5.56 Å². The van der Waals surface area contributed by atoms with Crippen molar-refractivity contribution < 1.29 is 10.2 Å². The lowest BCUT2D eigenvalue weighted by atomic mass is 9.91. The van der Waals surface area contributed by atoms with Gasteiger partial charge in [0, 0.05) is 0 Å². The average molecular weight is 343 g/mol. The molecule has 0 bridgehead atoms. The largest absolute Gasteiger partial charge is 0.508 e. The van der Waals surface area contributed by atoms with E-state index in [1.54, 1.807) is 6.07 Å². The Morgan fingerprint density at radius 3 is 1.76 bits per heavy atom. The summed E-state index contributed by atoms with van der Waals surface area (Å²) in [4.78, 5) is 0. The van der Waals surface area contributed by atoms with Gasteiger partial charge in [0.15, 0.2) is 0 Å². The molecule has 2 unspecified atom stereocenters. The Balaban J connectivity index is 0.000000271. The van der Waals surface area contributed by atoms with E-state index in [0.29, 0.717) is 29.3 Å². The van der Waals surface area contributed by atoms with Gasteiger partial charge in [-0.2, -0.15) is 0 Å². The summed E-state index contributed by atoms with van der Waals surface area (Å²) in [5.41, 5.74) is 3.45. The van der Waals surface area contributed by atoms with E-state index in [0.717, 1.165) is 24.0 Å². The first-order valence-corrected chi connectivity index (χ1v) is 9.42. The normalized spacial score (nSPS) is 13.1. The van der Waals surface area contributed by atoms with Crippen LogP contribution in [0.25, 0.3) is 0 Å². The van der Waals surface area contributed by atoms with E-state index < -0.39 is 0 Å². The third-order valence-electron chi connectivity index (χ3n) is 4.94. The van der Waals surface area contributed by atoms with Gasteiger partial charge in [-0.25, -0.2) is 0 Å². The molecule has 2 aromatic rings. The third-order valence-corrected chi connectivity index (χ3v) is 4.94. The van der Waals surface area contributed by atoms with Crippen LogP contribution in [-0.2, 0) is 0 Å². The van der Waals surface area contributed by atoms with Gasteiger partial charge in [-0.05, 0) is 59.4 Å². The number of hydrogen-bond donors (Lipinski definition) is 2. The van der Waals surface area contributed by atoms with Crippen molar-refractivity contribution in [2.45, 2.75) is 72.1 Å². The van der Waals surface area contributed by atoms with Gasteiger partial charge in [0.1, 0.15) is 11.5 Å². The van der Waals surface area contributed by atoms with Crippen molar-refractivity contribution in [3.8, 4) is 11.5 Å². The van der Waals surface area contributed by atoms with Crippen LogP contribution >= 0.6 is 0 Å². The summed E-state index contributed by atoms with van der Waals surface area (Å²) < 4.78 is 0. The molecular weight excluding hydrogens is 308 g/mol. The van der Waals surface area contributed by atoms with Gasteiger partial charge in [-0.1, -0.05) is 71.9 Å². The predicted molar refractivity (Wildman–Crippen MR) is 108 cm³/mol. The van der Waals surface area contributed by atoms with Gasteiger partial charge in [-0.3, -0.25) is 0 Å².